The Morgan fingerprint density at radius 1 is 1.03 bits per heavy atom. The minimum absolute atomic E-state index is 0.0719. The van der Waals surface area contributed by atoms with Gasteiger partial charge in [0.1, 0.15) is 6.61 Å². The molecule has 0 aromatic heterocycles. The van der Waals surface area contributed by atoms with Gasteiger partial charge in [0.2, 0.25) is 10.0 Å². The number of primary sulfonamides is 1. The number of hydrogen-bond donors (Lipinski definition) is 3. The molecule has 2 aromatic rings. The van der Waals surface area contributed by atoms with Gasteiger partial charge in [0, 0.05) is 19.2 Å². The summed E-state index contributed by atoms with van der Waals surface area (Å²) in [7, 11) is -5.75. The van der Waals surface area contributed by atoms with Gasteiger partial charge in [-0.25, -0.2) is 26.8 Å². The molecule has 0 radical (unpaired) electrons. The van der Waals surface area contributed by atoms with Gasteiger partial charge in [-0.3, -0.25) is 4.72 Å². The first-order valence-corrected chi connectivity index (χ1v) is 11.3. The molecule has 0 saturated heterocycles. The molecule has 0 amide bonds. The third kappa shape index (κ3) is 5.60. The van der Waals surface area contributed by atoms with Gasteiger partial charge < -0.3 is 19.3 Å². The van der Waals surface area contributed by atoms with Gasteiger partial charge in [0.25, 0.3) is 10.0 Å². The first kappa shape index (κ1) is 23.4. The van der Waals surface area contributed by atoms with Gasteiger partial charge in [-0.1, -0.05) is 6.07 Å². The lowest BCUT2D eigenvalue weighted by molar-refractivity contribution is 0.0697. The summed E-state index contributed by atoms with van der Waals surface area (Å²) in [5, 5.41) is 14.5. The van der Waals surface area contributed by atoms with E-state index in [2.05, 4.69) is 4.72 Å². The summed E-state index contributed by atoms with van der Waals surface area (Å²) in [6.45, 7) is 0.327. The predicted octanol–water partition coefficient (Wildman–Crippen LogP) is 0.867. The second-order valence-corrected chi connectivity index (χ2v) is 9.06. The SMILES string of the molecule is COCCOc1cc(NS(=O)(=O)c2cccc(S(N)(=O)=O)c2)c(C(=O)O)cc1OC. The van der Waals surface area contributed by atoms with Gasteiger partial charge in [0.15, 0.2) is 11.5 Å². The van der Waals surface area contributed by atoms with Crippen molar-refractivity contribution in [3.63, 3.8) is 0 Å². The van der Waals surface area contributed by atoms with Crippen molar-refractivity contribution in [2.75, 3.05) is 32.2 Å². The van der Waals surface area contributed by atoms with Crippen LogP contribution >= 0.6 is 0 Å². The number of sulfonamides is 2. The number of nitrogens with two attached hydrogens (primary N) is 1. The molecule has 11 nitrogen and oxygen atoms in total. The molecule has 0 aliphatic rings. The van der Waals surface area contributed by atoms with Crippen LogP contribution in [0.15, 0.2) is 46.2 Å². The standard InChI is InChI=1S/C17H20N2O9S2/c1-26-6-7-28-16-10-14(13(17(20)21)9-15(16)27-2)19-30(24,25)12-5-3-4-11(8-12)29(18,22)23/h3-5,8-10,19H,6-7H2,1-2H3,(H,20,21)(H2,18,22,23). The molecule has 4 N–H and O–H groups in total. The molecule has 0 bridgehead atoms. The molecular formula is C17H20N2O9S2. The highest BCUT2D eigenvalue weighted by Crippen LogP contribution is 2.35. The van der Waals surface area contributed by atoms with E-state index in [0.717, 1.165) is 30.3 Å². The van der Waals surface area contributed by atoms with Crippen molar-refractivity contribution in [3.8, 4) is 11.5 Å². The monoisotopic (exact) mass is 460 g/mol. The quantitative estimate of drug-likeness (QED) is 0.435. The first-order valence-electron chi connectivity index (χ1n) is 8.22. The molecule has 30 heavy (non-hydrogen) atoms. The average Bonchev–Trinajstić information content (AvgIpc) is 2.67. The van der Waals surface area contributed by atoms with Crippen LogP contribution in [0.5, 0.6) is 11.5 Å². The predicted molar refractivity (Wildman–Crippen MR) is 106 cm³/mol. The normalized spacial score (nSPS) is 11.7. The van der Waals surface area contributed by atoms with E-state index in [1.165, 1.54) is 20.3 Å². The number of carboxylic acids is 1. The number of benzene rings is 2. The molecule has 0 atom stereocenters. The third-order valence-electron chi connectivity index (χ3n) is 3.77. The Kier molecular flexibility index (Phi) is 7.25. The van der Waals surface area contributed by atoms with E-state index < -0.39 is 41.4 Å². The molecule has 13 heteroatoms. The van der Waals surface area contributed by atoms with Gasteiger partial charge in [-0.15, -0.1) is 0 Å². The fraction of sp³-hybridized carbons (Fsp3) is 0.235. The summed E-state index contributed by atoms with van der Waals surface area (Å²) >= 11 is 0. The summed E-state index contributed by atoms with van der Waals surface area (Å²) in [6, 6.07) is 6.57. The van der Waals surface area contributed by atoms with Crippen molar-refractivity contribution >= 4 is 31.7 Å². The number of hydrogen-bond acceptors (Lipinski definition) is 8. The van der Waals surface area contributed by atoms with Crippen LogP contribution in [0.2, 0.25) is 0 Å². The maximum Gasteiger partial charge on any atom is 0.337 e. The fourth-order valence-electron chi connectivity index (χ4n) is 2.35. The maximum atomic E-state index is 12.7. The highest BCUT2D eigenvalue weighted by atomic mass is 32.2. The molecule has 0 heterocycles. The zero-order chi connectivity index (χ0) is 22.5. The van der Waals surface area contributed by atoms with Gasteiger partial charge in [-0.2, -0.15) is 0 Å². The molecule has 0 aliphatic heterocycles. The summed E-state index contributed by atoms with van der Waals surface area (Å²) in [5.41, 5.74) is -0.714. The van der Waals surface area contributed by atoms with Crippen molar-refractivity contribution in [1.29, 1.82) is 0 Å². The van der Waals surface area contributed by atoms with Crippen LogP contribution in [0.3, 0.4) is 0 Å². The molecule has 0 saturated carbocycles. The van der Waals surface area contributed by atoms with E-state index >= 15 is 0 Å². The zero-order valence-electron chi connectivity index (χ0n) is 16.0. The zero-order valence-corrected chi connectivity index (χ0v) is 17.6. The summed E-state index contributed by atoms with van der Waals surface area (Å²) in [4.78, 5) is 10.8. The summed E-state index contributed by atoms with van der Waals surface area (Å²) in [6.07, 6.45) is 0. The van der Waals surface area contributed by atoms with Gasteiger partial charge >= 0.3 is 5.97 Å². The van der Waals surface area contributed by atoms with Crippen molar-refractivity contribution in [1.82, 2.24) is 0 Å². The molecule has 0 aliphatic carbocycles. The number of nitrogens with one attached hydrogen (secondary N) is 1. The highest BCUT2D eigenvalue weighted by molar-refractivity contribution is 7.93. The Hall–Kier alpha value is -2.87. The summed E-state index contributed by atoms with van der Waals surface area (Å²) in [5.74, 6) is -1.27. The number of carboxylic acid groups (broad SMARTS) is 1. The number of ether oxygens (including phenoxy) is 3. The molecule has 2 rings (SSSR count). The van der Waals surface area contributed by atoms with E-state index in [0.29, 0.717) is 0 Å². The van der Waals surface area contributed by atoms with Crippen molar-refractivity contribution < 1.29 is 40.9 Å². The van der Waals surface area contributed by atoms with Crippen LogP contribution in [0.1, 0.15) is 10.4 Å². The number of anilines is 1. The molecule has 0 unspecified atom stereocenters. The smallest absolute Gasteiger partial charge is 0.337 e. The molecule has 0 spiro atoms. The Morgan fingerprint density at radius 3 is 2.27 bits per heavy atom. The second kappa shape index (κ2) is 9.30. The fourth-order valence-corrected chi connectivity index (χ4v) is 4.10. The third-order valence-corrected chi connectivity index (χ3v) is 6.04. The van der Waals surface area contributed by atoms with Crippen LogP contribution in [0.25, 0.3) is 0 Å². The van der Waals surface area contributed by atoms with Crippen molar-refractivity contribution in [2.45, 2.75) is 9.79 Å². The van der Waals surface area contributed by atoms with E-state index in [9.17, 15) is 26.7 Å². The number of aromatic carboxylic acids is 1. The topological polar surface area (TPSA) is 171 Å². The van der Waals surface area contributed by atoms with Gasteiger partial charge in [0.05, 0.1) is 34.8 Å². The Morgan fingerprint density at radius 2 is 1.70 bits per heavy atom. The lowest BCUT2D eigenvalue weighted by Crippen LogP contribution is -2.18. The van der Waals surface area contributed by atoms with Gasteiger partial charge in [-0.05, 0) is 18.2 Å². The Balaban J connectivity index is 2.51. The van der Waals surface area contributed by atoms with E-state index in [1.54, 1.807) is 0 Å². The minimum atomic E-state index is -4.37. The van der Waals surface area contributed by atoms with Crippen LogP contribution in [-0.4, -0.2) is 55.3 Å². The van der Waals surface area contributed by atoms with Crippen LogP contribution < -0.4 is 19.3 Å². The van der Waals surface area contributed by atoms with Crippen molar-refractivity contribution in [3.05, 3.63) is 42.0 Å². The second-order valence-electron chi connectivity index (χ2n) is 5.82. The van der Waals surface area contributed by atoms with Crippen LogP contribution in [0, 0.1) is 0 Å². The molecule has 2 aromatic carbocycles. The van der Waals surface area contributed by atoms with E-state index in [-0.39, 0.29) is 30.4 Å². The summed E-state index contributed by atoms with van der Waals surface area (Å²) < 4.78 is 66.1. The Bertz CT molecular complexity index is 1150. The van der Waals surface area contributed by atoms with E-state index in [4.69, 9.17) is 19.3 Å². The number of methoxy groups -OCH3 is 2. The molecule has 164 valence electrons. The number of rotatable bonds is 10. The largest absolute Gasteiger partial charge is 0.493 e. The van der Waals surface area contributed by atoms with E-state index in [1.807, 2.05) is 0 Å². The van der Waals surface area contributed by atoms with Crippen LogP contribution in [-0.2, 0) is 24.8 Å². The van der Waals surface area contributed by atoms with Crippen molar-refractivity contribution in [2.24, 2.45) is 5.14 Å². The number of carbonyl (C=O) groups is 1. The maximum absolute atomic E-state index is 12.7. The minimum Gasteiger partial charge on any atom is -0.493 e. The average molecular weight is 460 g/mol. The molecule has 0 fully saturated rings. The first-order chi connectivity index (χ1) is 14.0. The Labute approximate surface area is 173 Å². The lowest BCUT2D eigenvalue weighted by atomic mass is 10.1. The van der Waals surface area contributed by atoms with Crippen LogP contribution in [0.4, 0.5) is 5.69 Å². The molecular weight excluding hydrogens is 440 g/mol. The highest BCUT2D eigenvalue weighted by Gasteiger charge is 2.23. The lowest BCUT2D eigenvalue weighted by Gasteiger charge is -2.16.